The minimum atomic E-state index is -0.464. The van der Waals surface area contributed by atoms with Gasteiger partial charge in [-0.25, -0.2) is 4.79 Å². The van der Waals surface area contributed by atoms with E-state index in [1.807, 2.05) is 45.0 Å². The van der Waals surface area contributed by atoms with Crippen molar-refractivity contribution in [3.8, 4) is 0 Å². The van der Waals surface area contributed by atoms with Crippen LogP contribution in [0.25, 0.3) is 5.57 Å². The van der Waals surface area contributed by atoms with Crippen molar-refractivity contribution in [3.05, 3.63) is 41.4 Å². The van der Waals surface area contributed by atoms with Crippen LogP contribution in [0.15, 0.2) is 30.8 Å². The minimum Gasteiger partial charge on any atom is -0.444 e. The van der Waals surface area contributed by atoms with Crippen molar-refractivity contribution >= 4 is 23.3 Å². The molecule has 1 aromatic carbocycles. The predicted octanol–water partition coefficient (Wildman–Crippen LogP) is 5.00. The number of piperidine rings is 1. The number of amides is 1. The molecule has 1 aliphatic rings. The Morgan fingerprint density at radius 2 is 2.14 bits per heavy atom. The summed E-state index contributed by atoms with van der Waals surface area (Å²) in [5.74, 6) is 0.250. The summed E-state index contributed by atoms with van der Waals surface area (Å²) in [6, 6.07) is 7.72. The van der Waals surface area contributed by atoms with Gasteiger partial charge in [0.2, 0.25) is 0 Å². The summed E-state index contributed by atoms with van der Waals surface area (Å²) in [7, 11) is 0. The zero-order chi connectivity index (χ0) is 16.3. The van der Waals surface area contributed by atoms with E-state index in [1.54, 1.807) is 4.90 Å². The van der Waals surface area contributed by atoms with Gasteiger partial charge in [-0.2, -0.15) is 0 Å². The molecule has 1 aliphatic heterocycles. The minimum absolute atomic E-state index is 0.240. The Morgan fingerprint density at radius 3 is 2.77 bits per heavy atom. The number of hydrogen-bond acceptors (Lipinski definition) is 2. The lowest BCUT2D eigenvalue weighted by molar-refractivity contribution is 0.0191. The Hall–Kier alpha value is -1.48. The summed E-state index contributed by atoms with van der Waals surface area (Å²) < 4.78 is 5.47. The van der Waals surface area contributed by atoms with Gasteiger partial charge in [0.15, 0.2) is 0 Å². The van der Waals surface area contributed by atoms with E-state index in [1.165, 1.54) is 0 Å². The maximum atomic E-state index is 12.2. The van der Waals surface area contributed by atoms with Crippen LogP contribution >= 0.6 is 11.6 Å². The van der Waals surface area contributed by atoms with Gasteiger partial charge in [0.05, 0.1) is 0 Å². The Morgan fingerprint density at radius 1 is 1.41 bits per heavy atom. The van der Waals surface area contributed by atoms with Crippen LogP contribution < -0.4 is 0 Å². The van der Waals surface area contributed by atoms with Gasteiger partial charge in [0.1, 0.15) is 5.60 Å². The average Bonchev–Trinajstić information content (AvgIpc) is 2.45. The smallest absolute Gasteiger partial charge is 0.410 e. The van der Waals surface area contributed by atoms with E-state index in [0.717, 1.165) is 30.5 Å². The molecule has 0 aromatic heterocycles. The monoisotopic (exact) mass is 321 g/mol. The molecule has 1 saturated heterocycles. The fourth-order valence-electron chi connectivity index (χ4n) is 2.68. The zero-order valence-corrected chi connectivity index (χ0v) is 14.3. The Labute approximate surface area is 137 Å². The lowest BCUT2D eigenvalue weighted by Gasteiger charge is -2.35. The number of rotatable bonds is 2. The molecule has 1 atom stereocenters. The molecule has 0 N–H and O–H groups in total. The third kappa shape index (κ3) is 4.51. The van der Waals surface area contributed by atoms with Crippen molar-refractivity contribution in [1.29, 1.82) is 0 Å². The maximum Gasteiger partial charge on any atom is 0.410 e. The molecule has 0 radical (unpaired) electrons. The van der Waals surface area contributed by atoms with Crippen molar-refractivity contribution in [2.75, 3.05) is 13.1 Å². The standard InChI is InChI=1S/C18H24ClNO2/c1-13(14-7-5-9-16(19)11-14)15-8-6-10-20(12-15)17(21)22-18(2,3)4/h5,7,9,11,15H,1,6,8,10,12H2,2-4H3. The zero-order valence-electron chi connectivity index (χ0n) is 13.6. The SMILES string of the molecule is C=C(c1cccc(Cl)c1)C1CCCN(C(=O)OC(C)(C)C)C1. The number of nitrogens with zero attached hydrogens (tertiary/aromatic N) is 1. The van der Waals surface area contributed by atoms with Crippen LogP contribution in [0.3, 0.4) is 0 Å². The van der Waals surface area contributed by atoms with E-state index in [4.69, 9.17) is 16.3 Å². The summed E-state index contributed by atoms with van der Waals surface area (Å²) >= 11 is 6.05. The van der Waals surface area contributed by atoms with Gasteiger partial charge in [0, 0.05) is 24.0 Å². The highest BCUT2D eigenvalue weighted by molar-refractivity contribution is 6.30. The summed E-state index contributed by atoms with van der Waals surface area (Å²) in [5.41, 5.74) is 1.62. The van der Waals surface area contributed by atoms with E-state index < -0.39 is 5.60 Å². The summed E-state index contributed by atoms with van der Waals surface area (Å²) in [4.78, 5) is 14.0. The molecule has 1 unspecified atom stereocenters. The van der Waals surface area contributed by atoms with Gasteiger partial charge in [-0.3, -0.25) is 0 Å². The van der Waals surface area contributed by atoms with Crippen LogP contribution in [0.1, 0.15) is 39.2 Å². The van der Waals surface area contributed by atoms with Crippen molar-refractivity contribution in [2.45, 2.75) is 39.2 Å². The number of likely N-dealkylation sites (tertiary alicyclic amines) is 1. The Bertz CT molecular complexity index is 562. The van der Waals surface area contributed by atoms with E-state index in [-0.39, 0.29) is 12.0 Å². The number of hydrogen-bond donors (Lipinski definition) is 0. The highest BCUT2D eigenvalue weighted by atomic mass is 35.5. The number of halogens is 1. The predicted molar refractivity (Wildman–Crippen MR) is 91.0 cm³/mol. The van der Waals surface area contributed by atoms with Gasteiger partial charge in [0.25, 0.3) is 0 Å². The quantitative estimate of drug-likeness (QED) is 0.767. The van der Waals surface area contributed by atoms with Crippen molar-refractivity contribution in [1.82, 2.24) is 4.90 Å². The van der Waals surface area contributed by atoms with Gasteiger partial charge in [-0.05, 0) is 56.9 Å². The number of benzene rings is 1. The van der Waals surface area contributed by atoms with Gasteiger partial charge in [-0.15, -0.1) is 0 Å². The van der Waals surface area contributed by atoms with E-state index in [0.29, 0.717) is 11.6 Å². The number of carbonyl (C=O) groups excluding carboxylic acids is 1. The van der Waals surface area contributed by atoms with Crippen molar-refractivity contribution in [2.24, 2.45) is 5.92 Å². The van der Waals surface area contributed by atoms with E-state index >= 15 is 0 Å². The van der Waals surface area contributed by atoms with Crippen LogP contribution in [-0.2, 0) is 4.74 Å². The normalized spacial score (nSPS) is 18.9. The molecule has 3 nitrogen and oxygen atoms in total. The largest absolute Gasteiger partial charge is 0.444 e. The van der Waals surface area contributed by atoms with Crippen LogP contribution in [0.2, 0.25) is 5.02 Å². The van der Waals surface area contributed by atoms with Crippen LogP contribution in [0, 0.1) is 5.92 Å². The molecule has 1 aromatic rings. The first kappa shape index (κ1) is 16.9. The van der Waals surface area contributed by atoms with Gasteiger partial charge < -0.3 is 9.64 Å². The topological polar surface area (TPSA) is 29.5 Å². The summed E-state index contributed by atoms with van der Waals surface area (Å²) in [5, 5.41) is 0.707. The number of ether oxygens (including phenoxy) is 1. The molecule has 0 spiro atoms. The molecule has 2 rings (SSSR count). The third-order valence-electron chi connectivity index (χ3n) is 3.76. The van der Waals surface area contributed by atoms with Crippen LogP contribution in [0.4, 0.5) is 4.79 Å². The molecule has 1 amide bonds. The summed E-state index contributed by atoms with van der Waals surface area (Å²) in [6.45, 7) is 11.3. The highest BCUT2D eigenvalue weighted by Crippen LogP contribution is 2.31. The molecule has 1 heterocycles. The first-order chi connectivity index (χ1) is 10.3. The molecule has 0 bridgehead atoms. The second kappa shape index (κ2) is 6.74. The van der Waals surface area contributed by atoms with E-state index in [9.17, 15) is 4.79 Å². The third-order valence-corrected chi connectivity index (χ3v) is 4.00. The molecule has 4 heteroatoms. The second-order valence-electron chi connectivity index (χ2n) is 6.80. The fourth-order valence-corrected chi connectivity index (χ4v) is 2.87. The molecule has 0 saturated carbocycles. The van der Waals surface area contributed by atoms with Crippen molar-refractivity contribution in [3.63, 3.8) is 0 Å². The molecule has 1 fully saturated rings. The van der Waals surface area contributed by atoms with Crippen molar-refractivity contribution < 1.29 is 9.53 Å². The average molecular weight is 322 g/mol. The molecular formula is C18H24ClNO2. The fraction of sp³-hybridized carbons (Fsp3) is 0.500. The molecular weight excluding hydrogens is 298 g/mol. The molecule has 22 heavy (non-hydrogen) atoms. The lowest BCUT2D eigenvalue weighted by atomic mass is 9.87. The first-order valence-electron chi connectivity index (χ1n) is 7.69. The van der Waals surface area contributed by atoms with Gasteiger partial charge >= 0.3 is 6.09 Å². The molecule has 0 aliphatic carbocycles. The van der Waals surface area contributed by atoms with Crippen LogP contribution in [-0.4, -0.2) is 29.7 Å². The van der Waals surface area contributed by atoms with Gasteiger partial charge in [-0.1, -0.05) is 30.3 Å². The number of carbonyl (C=O) groups is 1. The van der Waals surface area contributed by atoms with E-state index in [2.05, 4.69) is 6.58 Å². The maximum absolute atomic E-state index is 12.2. The highest BCUT2D eigenvalue weighted by Gasteiger charge is 2.29. The Balaban J connectivity index is 2.04. The Kier molecular flexibility index (Phi) is 5.17. The lowest BCUT2D eigenvalue weighted by Crippen LogP contribution is -2.43. The summed E-state index contributed by atoms with van der Waals surface area (Å²) in [6.07, 6.45) is 1.75. The second-order valence-corrected chi connectivity index (χ2v) is 7.24. The first-order valence-corrected chi connectivity index (χ1v) is 8.07. The molecule has 120 valence electrons. The van der Waals surface area contributed by atoms with Crippen LogP contribution in [0.5, 0.6) is 0 Å².